The molecule has 114 valence electrons. The average Bonchev–Trinajstić information content (AvgIpc) is 2.85. The Morgan fingerprint density at radius 3 is 2.52 bits per heavy atom. The summed E-state index contributed by atoms with van der Waals surface area (Å²) in [5.74, 6) is -0.114. The molecule has 0 aliphatic heterocycles. The SMILES string of the molecule is Cc1occc1C(O)C(CN)c1cccc(C(F)(F)F)c1. The highest BCUT2D eigenvalue weighted by molar-refractivity contribution is 5.32. The molecule has 6 heteroatoms. The molecule has 1 aromatic heterocycles. The first-order chi connectivity index (χ1) is 9.84. The predicted molar refractivity (Wildman–Crippen MR) is 71.6 cm³/mol. The van der Waals surface area contributed by atoms with E-state index in [1.807, 2.05) is 0 Å². The zero-order valence-electron chi connectivity index (χ0n) is 11.4. The average molecular weight is 299 g/mol. The second-order valence-electron chi connectivity index (χ2n) is 4.84. The second kappa shape index (κ2) is 5.91. The summed E-state index contributed by atoms with van der Waals surface area (Å²) < 4.78 is 43.4. The van der Waals surface area contributed by atoms with E-state index in [1.54, 1.807) is 13.0 Å². The van der Waals surface area contributed by atoms with Crippen molar-refractivity contribution in [3.63, 3.8) is 0 Å². The fraction of sp³-hybridized carbons (Fsp3) is 0.333. The minimum atomic E-state index is -4.42. The summed E-state index contributed by atoms with van der Waals surface area (Å²) in [6.45, 7) is 1.70. The van der Waals surface area contributed by atoms with E-state index in [9.17, 15) is 18.3 Å². The van der Waals surface area contributed by atoms with Crippen LogP contribution >= 0.6 is 0 Å². The Hall–Kier alpha value is -1.79. The summed E-state index contributed by atoms with van der Waals surface area (Å²) >= 11 is 0. The number of benzene rings is 1. The largest absolute Gasteiger partial charge is 0.469 e. The molecule has 0 bridgehead atoms. The van der Waals surface area contributed by atoms with Crippen LogP contribution in [-0.2, 0) is 6.18 Å². The molecule has 0 spiro atoms. The van der Waals surface area contributed by atoms with Gasteiger partial charge in [0, 0.05) is 18.0 Å². The Bertz CT molecular complexity index is 607. The van der Waals surface area contributed by atoms with E-state index in [-0.39, 0.29) is 6.54 Å². The number of alkyl halides is 3. The molecule has 0 radical (unpaired) electrons. The van der Waals surface area contributed by atoms with Crippen LogP contribution in [0.3, 0.4) is 0 Å². The topological polar surface area (TPSA) is 59.4 Å². The van der Waals surface area contributed by atoms with Gasteiger partial charge in [-0.1, -0.05) is 18.2 Å². The number of aliphatic hydroxyl groups is 1. The monoisotopic (exact) mass is 299 g/mol. The molecule has 0 saturated heterocycles. The van der Waals surface area contributed by atoms with E-state index in [0.717, 1.165) is 12.1 Å². The lowest BCUT2D eigenvalue weighted by Crippen LogP contribution is -2.21. The van der Waals surface area contributed by atoms with Crippen molar-refractivity contribution in [2.24, 2.45) is 5.73 Å². The number of halogens is 3. The zero-order chi connectivity index (χ0) is 15.6. The fourth-order valence-electron chi connectivity index (χ4n) is 2.31. The third kappa shape index (κ3) is 3.28. The Balaban J connectivity index is 2.36. The van der Waals surface area contributed by atoms with E-state index >= 15 is 0 Å². The maximum Gasteiger partial charge on any atom is 0.416 e. The van der Waals surface area contributed by atoms with Crippen LogP contribution in [0.4, 0.5) is 13.2 Å². The number of rotatable bonds is 4. The minimum Gasteiger partial charge on any atom is -0.469 e. The van der Waals surface area contributed by atoms with Crippen LogP contribution < -0.4 is 5.73 Å². The number of hydrogen-bond donors (Lipinski definition) is 2. The molecule has 2 atom stereocenters. The summed E-state index contributed by atoms with van der Waals surface area (Å²) in [5, 5.41) is 10.4. The third-order valence-electron chi connectivity index (χ3n) is 3.49. The minimum absolute atomic E-state index is 0.0209. The summed E-state index contributed by atoms with van der Waals surface area (Å²) in [7, 11) is 0. The van der Waals surface area contributed by atoms with Gasteiger partial charge in [-0.2, -0.15) is 13.2 Å². The molecule has 3 nitrogen and oxygen atoms in total. The molecule has 1 aromatic carbocycles. The third-order valence-corrected chi connectivity index (χ3v) is 3.49. The molecule has 2 unspecified atom stereocenters. The number of aryl methyl sites for hydroxylation is 1. The van der Waals surface area contributed by atoms with Gasteiger partial charge in [-0.05, 0) is 24.6 Å². The molecule has 0 amide bonds. The van der Waals surface area contributed by atoms with E-state index in [2.05, 4.69) is 0 Å². The van der Waals surface area contributed by atoms with Crippen LogP contribution in [0.15, 0.2) is 41.0 Å². The van der Waals surface area contributed by atoms with E-state index in [1.165, 1.54) is 18.4 Å². The van der Waals surface area contributed by atoms with E-state index in [0.29, 0.717) is 16.9 Å². The molecule has 2 rings (SSSR count). The van der Waals surface area contributed by atoms with Crippen LogP contribution in [0.2, 0.25) is 0 Å². The molecule has 0 aliphatic carbocycles. The number of hydrogen-bond acceptors (Lipinski definition) is 3. The Labute approximate surface area is 120 Å². The van der Waals surface area contributed by atoms with Crippen molar-refractivity contribution in [3.05, 3.63) is 59.0 Å². The van der Waals surface area contributed by atoms with Gasteiger partial charge in [0.2, 0.25) is 0 Å². The van der Waals surface area contributed by atoms with Crippen molar-refractivity contribution in [2.45, 2.75) is 25.1 Å². The highest BCUT2D eigenvalue weighted by Gasteiger charge is 2.32. The molecule has 2 aromatic rings. The lowest BCUT2D eigenvalue weighted by atomic mass is 9.88. The summed E-state index contributed by atoms with van der Waals surface area (Å²) in [4.78, 5) is 0. The fourth-order valence-corrected chi connectivity index (χ4v) is 2.31. The molecule has 0 saturated carbocycles. The lowest BCUT2D eigenvalue weighted by Gasteiger charge is -2.22. The zero-order valence-corrected chi connectivity index (χ0v) is 11.4. The first-order valence-corrected chi connectivity index (χ1v) is 6.44. The van der Waals surface area contributed by atoms with Gasteiger partial charge < -0.3 is 15.3 Å². The number of aliphatic hydroxyl groups excluding tert-OH is 1. The van der Waals surface area contributed by atoms with Gasteiger partial charge in [-0.15, -0.1) is 0 Å². The summed E-state index contributed by atoms with van der Waals surface area (Å²) in [6, 6.07) is 6.46. The molecular weight excluding hydrogens is 283 g/mol. The summed E-state index contributed by atoms with van der Waals surface area (Å²) in [6.07, 6.45) is -4.02. The van der Waals surface area contributed by atoms with Crippen LogP contribution in [-0.4, -0.2) is 11.7 Å². The lowest BCUT2D eigenvalue weighted by molar-refractivity contribution is -0.137. The van der Waals surface area contributed by atoms with Crippen molar-refractivity contribution in [3.8, 4) is 0 Å². The van der Waals surface area contributed by atoms with Crippen LogP contribution in [0, 0.1) is 6.92 Å². The van der Waals surface area contributed by atoms with Crippen LogP contribution in [0.5, 0.6) is 0 Å². The molecule has 0 aliphatic rings. The van der Waals surface area contributed by atoms with Gasteiger partial charge >= 0.3 is 6.18 Å². The van der Waals surface area contributed by atoms with Crippen molar-refractivity contribution in [1.29, 1.82) is 0 Å². The standard InChI is InChI=1S/C15H16F3NO2/c1-9-12(5-6-21-9)14(20)13(8-19)10-3-2-4-11(7-10)15(16,17)18/h2-7,13-14,20H,8,19H2,1H3. The Kier molecular flexibility index (Phi) is 4.39. The predicted octanol–water partition coefficient (Wildman–Crippen LogP) is 3.38. The Morgan fingerprint density at radius 1 is 1.29 bits per heavy atom. The van der Waals surface area contributed by atoms with Crippen LogP contribution in [0.1, 0.15) is 34.5 Å². The number of nitrogens with two attached hydrogens (primary N) is 1. The maximum atomic E-state index is 12.8. The van der Waals surface area contributed by atoms with E-state index in [4.69, 9.17) is 10.2 Å². The van der Waals surface area contributed by atoms with Gasteiger partial charge in [0.25, 0.3) is 0 Å². The smallest absolute Gasteiger partial charge is 0.416 e. The molecular formula is C15H16F3NO2. The molecule has 21 heavy (non-hydrogen) atoms. The molecule has 3 N–H and O–H groups in total. The first-order valence-electron chi connectivity index (χ1n) is 6.44. The van der Waals surface area contributed by atoms with Gasteiger partial charge in [0.15, 0.2) is 0 Å². The first kappa shape index (κ1) is 15.6. The van der Waals surface area contributed by atoms with Gasteiger partial charge in [-0.25, -0.2) is 0 Å². The number of furan rings is 1. The van der Waals surface area contributed by atoms with Gasteiger partial charge in [-0.3, -0.25) is 0 Å². The summed E-state index contributed by atoms with van der Waals surface area (Å²) in [5.41, 5.74) is 5.77. The normalized spacial score (nSPS) is 15.0. The van der Waals surface area contributed by atoms with Crippen LogP contribution in [0.25, 0.3) is 0 Å². The maximum absolute atomic E-state index is 12.8. The molecule has 0 fully saturated rings. The van der Waals surface area contributed by atoms with Gasteiger partial charge in [0.1, 0.15) is 5.76 Å². The van der Waals surface area contributed by atoms with Crippen molar-refractivity contribution in [1.82, 2.24) is 0 Å². The van der Waals surface area contributed by atoms with Crippen molar-refractivity contribution in [2.75, 3.05) is 6.54 Å². The quantitative estimate of drug-likeness (QED) is 0.910. The molecule has 1 heterocycles. The second-order valence-corrected chi connectivity index (χ2v) is 4.84. The highest BCUT2D eigenvalue weighted by atomic mass is 19.4. The Morgan fingerprint density at radius 2 is 2.00 bits per heavy atom. The van der Waals surface area contributed by atoms with Gasteiger partial charge in [0.05, 0.1) is 17.9 Å². The highest BCUT2D eigenvalue weighted by Crippen LogP contribution is 2.35. The van der Waals surface area contributed by atoms with Crippen molar-refractivity contribution >= 4 is 0 Å². The van der Waals surface area contributed by atoms with Crippen molar-refractivity contribution < 1.29 is 22.7 Å². The van der Waals surface area contributed by atoms with E-state index < -0.39 is 23.8 Å².